The number of hydrogen-bond donors (Lipinski definition) is 1. The number of hydrogen-bond acceptors (Lipinski definition) is 5. The summed E-state index contributed by atoms with van der Waals surface area (Å²) in [5, 5.41) is 2.92. The lowest BCUT2D eigenvalue weighted by atomic mass is 10.0. The monoisotopic (exact) mass is 403 g/mol. The fourth-order valence-corrected chi connectivity index (χ4v) is 3.99. The molecule has 0 amide bonds. The fraction of sp³-hybridized carbons (Fsp3) is 0.208. The van der Waals surface area contributed by atoms with E-state index in [4.69, 9.17) is 9.15 Å². The van der Waals surface area contributed by atoms with Crippen LogP contribution in [-0.2, 0) is 16.0 Å². The Morgan fingerprint density at radius 1 is 1.07 bits per heavy atom. The normalized spacial score (nSPS) is 11.2. The van der Waals surface area contributed by atoms with Gasteiger partial charge < -0.3 is 14.1 Å². The van der Waals surface area contributed by atoms with Gasteiger partial charge in [-0.15, -0.1) is 0 Å². The zero-order chi connectivity index (χ0) is 21.4. The summed E-state index contributed by atoms with van der Waals surface area (Å²) >= 11 is 0. The Balaban J connectivity index is 1.50. The van der Waals surface area contributed by atoms with Gasteiger partial charge in [-0.3, -0.25) is 14.4 Å². The van der Waals surface area contributed by atoms with Crippen LogP contribution >= 0.6 is 0 Å². The van der Waals surface area contributed by atoms with E-state index in [2.05, 4.69) is 4.98 Å². The molecule has 4 aromatic rings. The van der Waals surface area contributed by atoms with E-state index in [-0.39, 0.29) is 18.0 Å². The van der Waals surface area contributed by atoms with Crippen LogP contribution in [0.15, 0.2) is 47.1 Å². The maximum Gasteiger partial charge on any atom is 0.310 e. The quantitative estimate of drug-likeness (QED) is 0.372. The highest BCUT2D eigenvalue weighted by Crippen LogP contribution is 2.30. The number of benzene rings is 2. The van der Waals surface area contributed by atoms with Gasteiger partial charge in [0.2, 0.25) is 5.78 Å². The SMILES string of the molecule is CC(=O)c1c(C)[nH]c(C(=O)COC(=O)Cc2coc3ccc4ccccc4c23)c1C. The molecule has 0 radical (unpaired) electrons. The van der Waals surface area contributed by atoms with Gasteiger partial charge >= 0.3 is 5.97 Å². The number of carbonyl (C=O) groups excluding carboxylic acids is 3. The number of aromatic nitrogens is 1. The number of esters is 1. The van der Waals surface area contributed by atoms with Crippen molar-refractivity contribution in [3.63, 3.8) is 0 Å². The molecule has 0 saturated heterocycles. The van der Waals surface area contributed by atoms with E-state index in [9.17, 15) is 14.4 Å². The molecule has 2 heterocycles. The standard InChI is InChI=1S/C24H21NO5/c1-13-22(15(3)26)14(2)25-24(13)19(27)12-30-21(28)10-17-11-29-20-9-8-16-6-4-5-7-18(16)23(17)20/h4-9,11,25H,10,12H2,1-3H3. The number of furan rings is 1. The predicted octanol–water partition coefficient (Wildman–Crippen LogP) is 4.70. The summed E-state index contributed by atoms with van der Waals surface area (Å²) in [4.78, 5) is 39.6. The van der Waals surface area contributed by atoms with Crippen molar-refractivity contribution in [2.24, 2.45) is 0 Å². The van der Waals surface area contributed by atoms with Crippen LogP contribution in [0.2, 0.25) is 0 Å². The van der Waals surface area contributed by atoms with Gasteiger partial charge in [0.15, 0.2) is 12.4 Å². The lowest BCUT2D eigenvalue weighted by Gasteiger charge is -2.05. The van der Waals surface area contributed by atoms with Gasteiger partial charge in [0.1, 0.15) is 5.58 Å². The number of carbonyl (C=O) groups is 3. The highest BCUT2D eigenvalue weighted by molar-refractivity contribution is 6.08. The molecule has 0 saturated carbocycles. The predicted molar refractivity (Wildman–Crippen MR) is 113 cm³/mol. The minimum absolute atomic E-state index is 0.00425. The first-order chi connectivity index (χ1) is 14.4. The number of ether oxygens (including phenoxy) is 1. The zero-order valence-corrected chi connectivity index (χ0v) is 17.0. The second kappa shape index (κ2) is 7.63. The summed E-state index contributed by atoms with van der Waals surface area (Å²) in [6.45, 7) is 4.50. The second-order valence-corrected chi connectivity index (χ2v) is 7.36. The Bertz CT molecular complexity index is 1310. The molecule has 0 unspecified atom stereocenters. The fourth-order valence-electron chi connectivity index (χ4n) is 3.99. The summed E-state index contributed by atoms with van der Waals surface area (Å²) in [5.74, 6) is -1.01. The Hall–Kier alpha value is -3.67. The minimum Gasteiger partial charge on any atom is -0.464 e. The van der Waals surface area contributed by atoms with Crippen LogP contribution in [0.5, 0.6) is 0 Å². The average molecular weight is 403 g/mol. The summed E-state index contributed by atoms with van der Waals surface area (Å²) in [5.41, 5.74) is 3.42. The van der Waals surface area contributed by atoms with Gasteiger partial charge in [-0.05, 0) is 43.2 Å². The van der Waals surface area contributed by atoms with E-state index in [0.717, 1.165) is 16.2 Å². The smallest absolute Gasteiger partial charge is 0.310 e. The summed E-state index contributed by atoms with van der Waals surface area (Å²) in [6.07, 6.45) is 1.55. The number of Topliss-reactive ketones (excluding diaryl/α,β-unsaturated/α-hetero) is 2. The molecule has 6 heteroatoms. The van der Waals surface area contributed by atoms with Crippen LogP contribution in [0.25, 0.3) is 21.7 Å². The van der Waals surface area contributed by atoms with Crippen molar-refractivity contribution in [3.8, 4) is 0 Å². The van der Waals surface area contributed by atoms with E-state index >= 15 is 0 Å². The largest absolute Gasteiger partial charge is 0.464 e. The lowest BCUT2D eigenvalue weighted by Crippen LogP contribution is -2.16. The van der Waals surface area contributed by atoms with Crippen LogP contribution in [0.4, 0.5) is 0 Å². The molecule has 0 aliphatic carbocycles. The van der Waals surface area contributed by atoms with Crippen LogP contribution in [0, 0.1) is 13.8 Å². The van der Waals surface area contributed by atoms with Crippen molar-refractivity contribution >= 4 is 39.3 Å². The Kier molecular flexibility index (Phi) is 4.99. The molecule has 0 aliphatic heterocycles. The van der Waals surface area contributed by atoms with E-state index in [1.54, 1.807) is 20.1 Å². The van der Waals surface area contributed by atoms with E-state index in [1.807, 2.05) is 36.4 Å². The molecule has 0 bridgehead atoms. The minimum atomic E-state index is -0.522. The molecular formula is C24H21NO5. The molecule has 152 valence electrons. The third-order valence-electron chi connectivity index (χ3n) is 5.31. The number of aromatic amines is 1. The Morgan fingerprint density at radius 2 is 1.83 bits per heavy atom. The molecule has 2 aromatic carbocycles. The molecule has 0 atom stereocenters. The number of aryl methyl sites for hydroxylation is 1. The van der Waals surface area contributed by atoms with E-state index in [0.29, 0.717) is 33.7 Å². The summed E-state index contributed by atoms with van der Waals surface area (Å²) in [6, 6.07) is 11.7. The molecule has 0 spiro atoms. The number of ketones is 2. The molecule has 0 fully saturated rings. The maximum absolute atomic E-state index is 12.5. The number of H-pyrrole nitrogens is 1. The first-order valence-electron chi connectivity index (χ1n) is 9.63. The first kappa shape index (κ1) is 19.6. The van der Waals surface area contributed by atoms with Crippen molar-refractivity contribution in [1.82, 2.24) is 4.98 Å². The zero-order valence-electron chi connectivity index (χ0n) is 17.0. The highest BCUT2D eigenvalue weighted by atomic mass is 16.5. The molecule has 4 rings (SSSR count). The van der Waals surface area contributed by atoms with Crippen LogP contribution < -0.4 is 0 Å². The van der Waals surface area contributed by atoms with Crippen molar-refractivity contribution in [2.75, 3.05) is 6.61 Å². The number of fused-ring (bicyclic) bond motifs is 3. The molecule has 2 aromatic heterocycles. The second-order valence-electron chi connectivity index (χ2n) is 7.36. The Morgan fingerprint density at radius 3 is 2.57 bits per heavy atom. The van der Waals surface area contributed by atoms with Gasteiger partial charge in [0, 0.05) is 22.2 Å². The van der Waals surface area contributed by atoms with E-state index in [1.165, 1.54) is 6.92 Å². The molecular weight excluding hydrogens is 382 g/mol. The number of rotatable bonds is 6. The maximum atomic E-state index is 12.5. The molecule has 1 N–H and O–H groups in total. The average Bonchev–Trinajstić information content (AvgIpc) is 3.26. The third-order valence-corrected chi connectivity index (χ3v) is 5.31. The Labute approximate surface area is 172 Å². The molecule has 6 nitrogen and oxygen atoms in total. The van der Waals surface area contributed by atoms with Crippen LogP contribution in [0.1, 0.15) is 44.6 Å². The van der Waals surface area contributed by atoms with Gasteiger partial charge in [0.25, 0.3) is 0 Å². The highest BCUT2D eigenvalue weighted by Gasteiger charge is 2.21. The lowest BCUT2D eigenvalue weighted by molar-refractivity contribution is -0.141. The topological polar surface area (TPSA) is 89.4 Å². The van der Waals surface area contributed by atoms with Crippen molar-refractivity contribution < 1.29 is 23.5 Å². The van der Waals surface area contributed by atoms with E-state index < -0.39 is 12.6 Å². The molecule has 0 aliphatic rings. The van der Waals surface area contributed by atoms with Crippen molar-refractivity contribution in [1.29, 1.82) is 0 Å². The molecule has 30 heavy (non-hydrogen) atoms. The van der Waals surface area contributed by atoms with Crippen LogP contribution in [0.3, 0.4) is 0 Å². The van der Waals surface area contributed by atoms with Crippen molar-refractivity contribution in [2.45, 2.75) is 27.2 Å². The number of nitrogens with one attached hydrogen (secondary N) is 1. The van der Waals surface area contributed by atoms with Crippen LogP contribution in [-0.4, -0.2) is 29.1 Å². The van der Waals surface area contributed by atoms with Gasteiger partial charge in [-0.25, -0.2) is 0 Å². The summed E-state index contributed by atoms with van der Waals surface area (Å²) < 4.78 is 10.8. The van der Waals surface area contributed by atoms with Gasteiger partial charge in [-0.1, -0.05) is 30.3 Å². The summed E-state index contributed by atoms with van der Waals surface area (Å²) in [7, 11) is 0. The third kappa shape index (κ3) is 3.41. The van der Waals surface area contributed by atoms with Gasteiger partial charge in [0.05, 0.1) is 18.4 Å². The van der Waals surface area contributed by atoms with Gasteiger partial charge in [-0.2, -0.15) is 0 Å². The first-order valence-corrected chi connectivity index (χ1v) is 9.63. The van der Waals surface area contributed by atoms with Crippen molar-refractivity contribution in [3.05, 3.63) is 70.7 Å².